The van der Waals surface area contributed by atoms with E-state index in [9.17, 15) is 9.59 Å². The summed E-state index contributed by atoms with van der Waals surface area (Å²) < 4.78 is 2.13. The summed E-state index contributed by atoms with van der Waals surface area (Å²) in [5.74, 6) is 0.343. The van der Waals surface area contributed by atoms with Gasteiger partial charge in [-0.3, -0.25) is 9.59 Å². The van der Waals surface area contributed by atoms with Crippen LogP contribution >= 0.6 is 0 Å². The normalized spacial score (nSPS) is 14.8. The molecule has 1 saturated heterocycles. The van der Waals surface area contributed by atoms with E-state index in [2.05, 4.69) is 23.6 Å². The molecular formula is C24H33N3O2. The second-order valence-corrected chi connectivity index (χ2v) is 8.14. The van der Waals surface area contributed by atoms with Crippen LogP contribution in [0, 0.1) is 19.8 Å². The first-order valence-corrected chi connectivity index (χ1v) is 10.7. The summed E-state index contributed by atoms with van der Waals surface area (Å²) in [4.78, 5) is 29.6. The fraction of sp³-hybridized carbons (Fsp3) is 0.500. The third-order valence-corrected chi connectivity index (χ3v) is 6.03. The molecule has 2 heterocycles. The van der Waals surface area contributed by atoms with Gasteiger partial charge in [0.05, 0.1) is 5.56 Å². The number of amides is 2. The number of hydrogen-bond acceptors (Lipinski definition) is 2. The summed E-state index contributed by atoms with van der Waals surface area (Å²) in [6.45, 7) is 8.29. The van der Waals surface area contributed by atoms with Gasteiger partial charge in [0.1, 0.15) is 0 Å². The number of carbonyl (C=O) groups is 2. The maximum atomic E-state index is 13.2. The van der Waals surface area contributed by atoms with Crippen molar-refractivity contribution >= 4 is 11.8 Å². The number of likely N-dealkylation sites (tertiary alicyclic amines) is 1. The fourth-order valence-corrected chi connectivity index (χ4v) is 4.27. The molecule has 0 radical (unpaired) electrons. The zero-order valence-corrected chi connectivity index (χ0v) is 18.1. The molecule has 1 fully saturated rings. The summed E-state index contributed by atoms with van der Waals surface area (Å²) >= 11 is 0. The Labute approximate surface area is 174 Å². The van der Waals surface area contributed by atoms with E-state index in [0.29, 0.717) is 13.1 Å². The van der Waals surface area contributed by atoms with E-state index < -0.39 is 0 Å². The zero-order chi connectivity index (χ0) is 21.0. The van der Waals surface area contributed by atoms with Crippen LogP contribution in [0.15, 0.2) is 36.4 Å². The van der Waals surface area contributed by atoms with Crippen molar-refractivity contribution in [2.75, 3.05) is 26.7 Å². The molecule has 29 heavy (non-hydrogen) atoms. The van der Waals surface area contributed by atoms with Crippen LogP contribution in [0.2, 0.25) is 0 Å². The van der Waals surface area contributed by atoms with Gasteiger partial charge in [0, 0.05) is 49.7 Å². The topological polar surface area (TPSA) is 45.6 Å². The summed E-state index contributed by atoms with van der Waals surface area (Å²) in [7, 11) is 1.90. The molecule has 1 aliphatic heterocycles. The molecule has 0 spiro atoms. The lowest BCUT2D eigenvalue weighted by Crippen LogP contribution is -2.43. The van der Waals surface area contributed by atoms with Crippen molar-refractivity contribution in [3.8, 4) is 5.69 Å². The van der Waals surface area contributed by atoms with E-state index in [1.807, 2.05) is 55.0 Å². The van der Waals surface area contributed by atoms with Crippen molar-refractivity contribution in [1.29, 1.82) is 0 Å². The Morgan fingerprint density at radius 2 is 1.76 bits per heavy atom. The van der Waals surface area contributed by atoms with Crippen LogP contribution < -0.4 is 0 Å². The first-order valence-electron chi connectivity index (χ1n) is 10.7. The van der Waals surface area contributed by atoms with Crippen molar-refractivity contribution in [2.24, 2.45) is 5.92 Å². The van der Waals surface area contributed by atoms with E-state index in [1.165, 1.54) is 0 Å². The molecule has 0 bridgehead atoms. The lowest BCUT2D eigenvalue weighted by molar-refractivity contribution is -0.135. The predicted molar refractivity (Wildman–Crippen MR) is 116 cm³/mol. The van der Waals surface area contributed by atoms with Crippen LogP contribution in [0.5, 0.6) is 0 Å². The van der Waals surface area contributed by atoms with Crippen molar-refractivity contribution in [3.05, 3.63) is 53.3 Å². The zero-order valence-electron chi connectivity index (χ0n) is 18.1. The minimum absolute atomic E-state index is 0.0395. The van der Waals surface area contributed by atoms with Gasteiger partial charge in [-0.25, -0.2) is 0 Å². The number of benzene rings is 1. The number of para-hydroxylation sites is 1. The van der Waals surface area contributed by atoms with Crippen LogP contribution in [-0.2, 0) is 4.79 Å². The number of rotatable bonds is 6. The molecule has 0 atom stereocenters. The molecule has 2 aromatic rings. The largest absolute Gasteiger partial charge is 0.346 e. The molecule has 2 amide bonds. The Bertz CT molecular complexity index is 849. The average molecular weight is 396 g/mol. The number of aromatic nitrogens is 1. The molecule has 5 heteroatoms. The Kier molecular flexibility index (Phi) is 6.78. The molecule has 1 aromatic carbocycles. The second-order valence-electron chi connectivity index (χ2n) is 8.14. The lowest BCUT2D eigenvalue weighted by Gasteiger charge is -2.33. The van der Waals surface area contributed by atoms with Gasteiger partial charge < -0.3 is 14.4 Å². The predicted octanol–water partition coefficient (Wildman–Crippen LogP) is 4.20. The van der Waals surface area contributed by atoms with Crippen LogP contribution in [0.25, 0.3) is 5.69 Å². The lowest BCUT2D eigenvalue weighted by atomic mass is 9.94. The molecule has 0 unspecified atom stereocenters. The van der Waals surface area contributed by atoms with Crippen LogP contribution in [0.1, 0.15) is 54.4 Å². The van der Waals surface area contributed by atoms with E-state index in [-0.39, 0.29) is 17.7 Å². The third-order valence-electron chi connectivity index (χ3n) is 6.03. The van der Waals surface area contributed by atoms with Gasteiger partial charge >= 0.3 is 0 Å². The van der Waals surface area contributed by atoms with Gasteiger partial charge in [-0.2, -0.15) is 0 Å². The van der Waals surface area contributed by atoms with Gasteiger partial charge in [0.2, 0.25) is 5.91 Å². The van der Waals surface area contributed by atoms with E-state index in [1.54, 1.807) is 0 Å². The minimum atomic E-state index is 0.0395. The molecular weight excluding hydrogens is 362 g/mol. The van der Waals surface area contributed by atoms with Gasteiger partial charge in [0.25, 0.3) is 5.91 Å². The molecule has 5 nitrogen and oxygen atoms in total. The Morgan fingerprint density at radius 1 is 1.10 bits per heavy atom. The first-order chi connectivity index (χ1) is 13.9. The van der Waals surface area contributed by atoms with Gasteiger partial charge in [0.15, 0.2) is 0 Å². The third kappa shape index (κ3) is 4.55. The SMILES string of the molecule is CCCCN(C)C(=O)C1CCN(C(=O)c2cc(C)n(-c3ccccc3)c2C)CC1. The molecule has 1 aliphatic rings. The van der Waals surface area contributed by atoms with Gasteiger partial charge in [-0.1, -0.05) is 31.5 Å². The van der Waals surface area contributed by atoms with E-state index in [4.69, 9.17) is 0 Å². The number of carbonyl (C=O) groups excluding carboxylic acids is 2. The van der Waals surface area contributed by atoms with Crippen molar-refractivity contribution < 1.29 is 9.59 Å². The van der Waals surface area contributed by atoms with Gasteiger partial charge in [-0.05, 0) is 51.3 Å². The second kappa shape index (κ2) is 9.29. The molecule has 0 N–H and O–H groups in total. The van der Waals surface area contributed by atoms with Crippen LogP contribution in [-0.4, -0.2) is 52.9 Å². The highest BCUT2D eigenvalue weighted by atomic mass is 16.2. The highest BCUT2D eigenvalue weighted by Crippen LogP contribution is 2.25. The molecule has 0 aliphatic carbocycles. The van der Waals surface area contributed by atoms with Crippen LogP contribution in [0.3, 0.4) is 0 Å². The van der Waals surface area contributed by atoms with Crippen molar-refractivity contribution in [1.82, 2.24) is 14.4 Å². The molecule has 1 aromatic heterocycles. The van der Waals surface area contributed by atoms with Gasteiger partial charge in [-0.15, -0.1) is 0 Å². The maximum Gasteiger partial charge on any atom is 0.255 e. The standard InChI is InChI=1S/C24H33N3O2/c1-5-6-14-25(4)23(28)20-12-15-26(16-13-20)24(29)22-17-18(2)27(19(22)3)21-10-8-7-9-11-21/h7-11,17,20H,5-6,12-16H2,1-4H3. The van der Waals surface area contributed by atoms with Crippen molar-refractivity contribution in [2.45, 2.75) is 46.5 Å². The maximum absolute atomic E-state index is 13.2. The van der Waals surface area contributed by atoms with Crippen LogP contribution in [0.4, 0.5) is 0 Å². The monoisotopic (exact) mass is 395 g/mol. The summed E-state index contributed by atoms with van der Waals surface area (Å²) in [6.07, 6.45) is 3.62. The number of unbranched alkanes of at least 4 members (excludes halogenated alkanes) is 1. The number of piperidine rings is 1. The Balaban J connectivity index is 1.67. The Morgan fingerprint density at radius 3 is 2.38 bits per heavy atom. The molecule has 156 valence electrons. The minimum Gasteiger partial charge on any atom is -0.346 e. The number of hydrogen-bond donors (Lipinski definition) is 0. The summed E-state index contributed by atoms with van der Waals surface area (Å²) in [6, 6.07) is 12.1. The van der Waals surface area contributed by atoms with E-state index >= 15 is 0 Å². The summed E-state index contributed by atoms with van der Waals surface area (Å²) in [5, 5.41) is 0. The number of nitrogens with zero attached hydrogens (tertiary/aromatic N) is 3. The highest BCUT2D eigenvalue weighted by Gasteiger charge is 2.30. The molecule has 0 saturated carbocycles. The van der Waals surface area contributed by atoms with Crippen molar-refractivity contribution in [3.63, 3.8) is 0 Å². The van der Waals surface area contributed by atoms with E-state index in [0.717, 1.165) is 54.9 Å². The summed E-state index contributed by atoms with van der Waals surface area (Å²) in [5.41, 5.74) is 3.85. The first kappa shape index (κ1) is 21.2. The number of aryl methyl sites for hydroxylation is 1. The average Bonchev–Trinajstić information content (AvgIpc) is 3.05. The quantitative estimate of drug-likeness (QED) is 0.736. The smallest absolute Gasteiger partial charge is 0.255 e. The highest BCUT2D eigenvalue weighted by molar-refractivity contribution is 5.96. The fourth-order valence-electron chi connectivity index (χ4n) is 4.27. The molecule has 3 rings (SSSR count). The Hall–Kier alpha value is -2.56.